The van der Waals surface area contributed by atoms with Crippen LogP contribution < -0.4 is 18.9 Å². The van der Waals surface area contributed by atoms with Gasteiger partial charge in [0, 0.05) is 25.0 Å². The summed E-state index contributed by atoms with van der Waals surface area (Å²) in [4.78, 5) is 5.62. The summed E-state index contributed by atoms with van der Waals surface area (Å²) in [5.74, 6) is 0.191. The third-order valence-corrected chi connectivity index (χ3v) is 8.64. The Hall–Kier alpha value is -3.33. The van der Waals surface area contributed by atoms with Gasteiger partial charge in [0.2, 0.25) is 0 Å². The molecular formula is C40H44LiNOSi. The largest absolute Gasteiger partial charge is 1.00 e. The standard InChI is InChI=1S/C36H36NSi.C4H8O.Li/c1-27-25-32(34(28-17-9-5-10-18-28)29-19-11-6-12-20-29)36(37-38(2,3)4)33(26-27)35(30-21-13-7-14-22-30)31-23-15-8-16-24-31;1-2-4-5-3-1;/h5-26,34-35H,1-4H3;1-4H2;/q-1;;+1. The number of hydrogen-bond donors (Lipinski definition) is 0. The van der Waals surface area contributed by atoms with Gasteiger partial charge < -0.3 is 9.72 Å². The fourth-order valence-corrected chi connectivity index (χ4v) is 6.86. The smallest absolute Gasteiger partial charge is 0.687 e. The Labute approximate surface area is 278 Å². The van der Waals surface area contributed by atoms with E-state index in [4.69, 9.17) is 9.72 Å². The van der Waals surface area contributed by atoms with Gasteiger partial charge in [-0.25, -0.2) is 0 Å². The van der Waals surface area contributed by atoms with Gasteiger partial charge in [-0.1, -0.05) is 170 Å². The number of benzene rings is 5. The van der Waals surface area contributed by atoms with Gasteiger partial charge in [0.05, 0.1) is 0 Å². The fourth-order valence-electron chi connectivity index (χ4n) is 5.94. The first-order valence-corrected chi connectivity index (χ1v) is 19.0. The van der Waals surface area contributed by atoms with Crippen molar-refractivity contribution in [2.45, 2.75) is 51.2 Å². The molecule has 220 valence electrons. The molecule has 4 heteroatoms. The van der Waals surface area contributed by atoms with Crippen molar-refractivity contribution in [3.63, 3.8) is 0 Å². The van der Waals surface area contributed by atoms with E-state index in [1.807, 2.05) is 0 Å². The Morgan fingerprint density at radius 2 is 0.864 bits per heavy atom. The predicted molar refractivity (Wildman–Crippen MR) is 185 cm³/mol. The van der Waals surface area contributed by atoms with Crippen molar-refractivity contribution in [1.29, 1.82) is 0 Å². The van der Waals surface area contributed by atoms with E-state index < -0.39 is 8.24 Å². The van der Waals surface area contributed by atoms with Crippen LogP contribution in [0.3, 0.4) is 0 Å². The molecule has 0 atom stereocenters. The molecule has 0 N–H and O–H groups in total. The molecule has 0 saturated carbocycles. The molecule has 0 amide bonds. The second-order valence-electron chi connectivity index (χ2n) is 12.4. The van der Waals surface area contributed by atoms with E-state index in [0.29, 0.717) is 0 Å². The molecule has 1 aliphatic rings. The van der Waals surface area contributed by atoms with Gasteiger partial charge in [-0.3, -0.25) is 0 Å². The van der Waals surface area contributed by atoms with Gasteiger partial charge in [0.15, 0.2) is 0 Å². The van der Waals surface area contributed by atoms with Crippen molar-refractivity contribution >= 4 is 13.9 Å². The molecule has 0 unspecified atom stereocenters. The van der Waals surface area contributed by atoms with Gasteiger partial charge >= 0.3 is 18.9 Å². The molecule has 1 fully saturated rings. The Kier molecular flexibility index (Phi) is 12.3. The van der Waals surface area contributed by atoms with E-state index in [1.165, 1.54) is 51.8 Å². The molecule has 0 aromatic heterocycles. The summed E-state index contributed by atoms with van der Waals surface area (Å²) >= 11 is 0. The summed E-state index contributed by atoms with van der Waals surface area (Å²) in [5.41, 5.74) is 10.2. The first kappa shape index (κ1) is 33.6. The van der Waals surface area contributed by atoms with Crippen LogP contribution in [0.15, 0.2) is 133 Å². The van der Waals surface area contributed by atoms with Gasteiger partial charge in [-0.2, -0.15) is 0 Å². The Morgan fingerprint density at radius 1 is 0.545 bits per heavy atom. The number of hydrogen-bond acceptors (Lipinski definition) is 1. The summed E-state index contributed by atoms with van der Waals surface area (Å²) in [7, 11) is -1.85. The van der Waals surface area contributed by atoms with Crippen molar-refractivity contribution in [2.75, 3.05) is 13.2 Å². The molecule has 0 aliphatic carbocycles. The van der Waals surface area contributed by atoms with E-state index in [0.717, 1.165) is 18.9 Å². The van der Waals surface area contributed by atoms with Gasteiger partial charge in [0.1, 0.15) is 0 Å². The van der Waals surface area contributed by atoms with Crippen LogP contribution in [0.5, 0.6) is 0 Å². The van der Waals surface area contributed by atoms with E-state index >= 15 is 0 Å². The van der Waals surface area contributed by atoms with Crippen LogP contribution in [0.25, 0.3) is 4.98 Å². The number of ether oxygens (including phenoxy) is 1. The van der Waals surface area contributed by atoms with E-state index in [2.05, 4.69) is 160 Å². The van der Waals surface area contributed by atoms with Crippen molar-refractivity contribution in [3.05, 3.63) is 177 Å². The minimum Gasteiger partial charge on any atom is -0.687 e. The zero-order chi connectivity index (χ0) is 30.1. The maximum Gasteiger partial charge on any atom is 1.00 e. The zero-order valence-corrected chi connectivity index (χ0v) is 28.0. The quantitative estimate of drug-likeness (QED) is 0.133. The van der Waals surface area contributed by atoms with Gasteiger partial charge in [-0.15, -0.1) is 5.69 Å². The van der Waals surface area contributed by atoms with Crippen LogP contribution in [-0.2, 0) is 4.74 Å². The molecular weight excluding hydrogens is 545 g/mol. The second kappa shape index (κ2) is 16.1. The topological polar surface area (TPSA) is 23.3 Å². The molecule has 1 aliphatic heterocycles. The normalized spacial score (nSPS) is 12.8. The minimum atomic E-state index is -1.85. The Morgan fingerprint density at radius 3 is 1.11 bits per heavy atom. The molecule has 0 bridgehead atoms. The first-order valence-electron chi connectivity index (χ1n) is 15.6. The summed E-state index contributed by atoms with van der Waals surface area (Å²) in [5, 5.41) is 0. The van der Waals surface area contributed by atoms with Gasteiger partial charge in [0.25, 0.3) is 0 Å². The Balaban J connectivity index is 0.000000670. The molecule has 5 aromatic carbocycles. The van der Waals surface area contributed by atoms with Crippen molar-refractivity contribution in [1.82, 2.24) is 0 Å². The third-order valence-electron chi connectivity index (χ3n) is 7.74. The van der Waals surface area contributed by atoms with Crippen LogP contribution in [-0.4, -0.2) is 21.4 Å². The van der Waals surface area contributed by atoms with E-state index in [-0.39, 0.29) is 30.7 Å². The number of nitrogens with zero attached hydrogens (tertiary/aromatic N) is 1. The zero-order valence-electron chi connectivity index (χ0n) is 27.0. The molecule has 6 rings (SSSR count). The average molecular weight is 590 g/mol. The third kappa shape index (κ3) is 8.87. The maximum absolute atomic E-state index is 5.62. The fraction of sp³-hybridized carbons (Fsp3) is 0.250. The number of aryl methyl sites for hydroxylation is 1. The van der Waals surface area contributed by atoms with E-state index in [9.17, 15) is 0 Å². The Bertz CT molecular complexity index is 1360. The number of rotatable bonds is 8. The monoisotopic (exact) mass is 589 g/mol. The average Bonchev–Trinajstić information content (AvgIpc) is 3.61. The van der Waals surface area contributed by atoms with Crippen LogP contribution >= 0.6 is 0 Å². The molecule has 5 aromatic rings. The maximum atomic E-state index is 5.62. The molecule has 2 nitrogen and oxygen atoms in total. The van der Waals surface area contributed by atoms with Crippen molar-refractivity contribution < 1.29 is 23.6 Å². The summed E-state index contributed by atoms with van der Waals surface area (Å²) in [6.07, 6.45) is 2.56. The molecule has 0 radical (unpaired) electrons. The molecule has 1 saturated heterocycles. The summed E-state index contributed by atoms with van der Waals surface area (Å²) in [6.45, 7) is 11.2. The minimum absolute atomic E-state index is 0. The predicted octanol–water partition coefficient (Wildman–Crippen LogP) is 8.00. The molecule has 1 heterocycles. The van der Waals surface area contributed by atoms with E-state index in [1.54, 1.807) is 0 Å². The molecule has 44 heavy (non-hydrogen) atoms. The summed E-state index contributed by atoms with van der Waals surface area (Å²) < 4.78 is 4.94. The van der Waals surface area contributed by atoms with Crippen LogP contribution in [0.4, 0.5) is 5.69 Å². The van der Waals surface area contributed by atoms with Crippen molar-refractivity contribution in [3.8, 4) is 0 Å². The summed E-state index contributed by atoms with van der Waals surface area (Å²) in [6, 6.07) is 48.4. The first-order chi connectivity index (χ1) is 20.9. The van der Waals surface area contributed by atoms with Crippen LogP contribution in [0.2, 0.25) is 19.6 Å². The second-order valence-corrected chi connectivity index (χ2v) is 17.0. The SMILES string of the molecule is C1CCOC1.Cc1cc(C(c2ccccc2)c2ccccc2)c([N-][Si](C)(C)C)c(C(c2ccccc2)c2ccccc2)c1.[Li+]. The van der Waals surface area contributed by atoms with Crippen LogP contribution in [0, 0.1) is 6.92 Å². The van der Waals surface area contributed by atoms with Crippen molar-refractivity contribution in [2.24, 2.45) is 0 Å². The van der Waals surface area contributed by atoms with Gasteiger partial charge in [-0.05, 0) is 50.3 Å². The van der Waals surface area contributed by atoms with Crippen LogP contribution in [0.1, 0.15) is 63.6 Å². The molecule has 0 spiro atoms.